The molecule has 1 atom stereocenters. The lowest BCUT2D eigenvalue weighted by molar-refractivity contribution is -0.123. The highest BCUT2D eigenvalue weighted by Crippen LogP contribution is 2.23. The molecule has 2 N–H and O–H groups in total. The SMILES string of the molecule is COc1ccc(NS(=O)(=O)c2cccc(C(=O)OC(C)C(=O)Nc3c(C)cc(C)cc3C)c2)cc1. The summed E-state index contributed by atoms with van der Waals surface area (Å²) in [5, 5.41) is 2.80. The smallest absolute Gasteiger partial charge is 0.338 e. The van der Waals surface area contributed by atoms with Gasteiger partial charge in [0.05, 0.1) is 17.6 Å². The highest BCUT2D eigenvalue weighted by atomic mass is 32.2. The second kappa shape index (κ2) is 10.6. The van der Waals surface area contributed by atoms with Gasteiger partial charge in [-0.05, 0) is 81.3 Å². The summed E-state index contributed by atoms with van der Waals surface area (Å²) in [6.45, 7) is 7.20. The van der Waals surface area contributed by atoms with Crippen LogP contribution in [0.5, 0.6) is 5.75 Å². The molecule has 1 amide bonds. The second-order valence-corrected chi connectivity index (χ2v) is 9.85. The number of hydrogen-bond acceptors (Lipinski definition) is 6. The zero-order valence-corrected chi connectivity index (χ0v) is 21.0. The molecule has 9 heteroatoms. The van der Waals surface area contributed by atoms with Gasteiger partial charge in [0.15, 0.2) is 6.10 Å². The molecule has 0 aliphatic carbocycles. The normalized spacial score (nSPS) is 11.9. The highest BCUT2D eigenvalue weighted by molar-refractivity contribution is 7.92. The number of methoxy groups -OCH3 is 1. The largest absolute Gasteiger partial charge is 0.497 e. The van der Waals surface area contributed by atoms with E-state index in [1.807, 2.05) is 32.9 Å². The van der Waals surface area contributed by atoms with Crippen LogP contribution in [0.25, 0.3) is 0 Å². The lowest BCUT2D eigenvalue weighted by atomic mass is 10.0. The summed E-state index contributed by atoms with van der Waals surface area (Å²) in [5.74, 6) is -0.714. The van der Waals surface area contributed by atoms with Gasteiger partial charge in [0.1, 0.15) is 5.75 Å². The van der Waals surface area contributed by atoms with Crippen molar-refractivity contribution >= 4 is 33.3 Å². The van der Waals surface area contributed by atoms with Crippen LogP contribution in [0.15, 0.2) is 65.6 Å². The van der Waals surface area contributed by atoms with Gasteiger partial charge in [0.25, 0.3) is 15.9 Å². The fraction of sp³-hybridized carbons (Fsp3) is 0.231. The first-order chi connectivity index (χ1) is 16.5. The number of nitrogens with one attached hydrogen (secondary N) is 2. The van der Waals surface area contributed by atoms with E-state index >= 15 is 0 Å². The molecule has 8 nitrogen and oxygen atoms in total. The minimum absolute atomic E-state index is 0.00459. The van der Waals surface area contributed by atoms with Gasteiger partial charge >= 0.3 is 5.97 Å². The minimum atomic E-state index is -3.97. The average molecular weight is 497 g/mol. The number of carbonyl (C=O) groups excluding carboxylic acids is 2. The number of rotatable bonds is 8. The van der Waals surface area contributed by atoms with Crippen LogP contribution in [-0.2, 0) is 19.6 Å². The van der Waals surface area contributed by atoms with Crippen LogP contribution in [0, 0.1) is 20.8 Å². The molecule has 0 saturated carbocycles. The molecule has 1 unspecified atom stereocenters. The third-order valence-corrected chi connectivity index (χ3v) is 6.68. The minimum Gasteiger partial charge on any atom is -0.497 e. The predicted octanol–water partition coefficient (Wildman–Crippen LogP) is 4.61. The summed E-state index contributed by atoms with van der Waals surface area (Å²) >= 11 is 0. The van der Waals surface area contributed by atoms with E-state index in [0.717, 1.165) is 16.7 Å². The number of carbonyl (C=O) groups is 2. The van der Waals surface area contributed by atoms with Crippen LogP contribution in [0.2, 0.25) is 0 Å². The van der Waals surface area contributed by atoms with Crippen LogP contribution >= 0.6 is 0 Å². The van der Waals surface area contributed by atoms with E-state index in [9.17, 15) is 18.0 Å². The number of esters is 1. The van der Waals surface area contributed by atoms with Crippen molar-refractivity contribution in [2.24, 2.45) is 0 Å². The maximum Gasteiger partial charge on any atom is 0.338 e. The first kappa shape index (κ1) is 25.8. The zero-order valence-electron chi connectivity index (χ0n) is 20.2. The molecular formula is C26H28N2O6S. The van der Waals surface area contributed by atoms with Gasteiger partial charge in [-0.2, -0.15) is 0 Å². The lowest BCUT2D eigenvalue weighted by Crippen LogP contribution is -2.30. The number of anilines is 2. The van der Waals surface area contributed by atoms with Crippen LogP contribution in [0.4, 0.5) is 11.4 Å². The Morgan fingerprint density at radius 2 is 1.54 bits per heavy atom. The van der Waals surface area contributed by atoms with E-state index in [2.05, 4.69) is 10.0 Å². The predicted molar refractivity (Wildman–Crippen MR) is 134 cm³/mol. The van der Waals surface area contributed by atoms with Gasteiger partial charge in [-0.1, -0.05) is 23.8 Å². The summed E-state index contributed by atoms with van der Waals surface area (Å²) in [7, 11) is -2.45. The van der Waals surface area contributed by atoms with Crippen LogP contribution in [0.1, 0.15) is 34.0 Å². The third-order valence-electron chi connectivity index (χ3n) is 5.30. The van der Waals surface area contributed by atoms with Crippen LogP contribution < -0.4 is 14.8 Å². The number of amides is 1. The van der Waals surface area contributed by atoms with Crippen LogP contribution in [0.3, 0.4) is 0 Å². The fourth-order valence-electron chi connectivity index (χ4n) is 3.55. The van der Waals surface area contributed by atoms with Gasteiger partial charge in [0, 0.05) is 11.4 Å². The summed E-state index contributed by atoms with van der Waals surface area (Å²) in [6, 6.07) is 15.7. The summed E-state index contributed by atoms with van der Waals surface area (Å²) in [4.78, 5) is 25.2. The number of benzene rings is 3. The highest BCUT2D eigenvalue weighted by Gasteiger charge is 2.22. The first-order valence-corrected chi connectivity index (χ1v) is 12.3. The topological polar surface area (TPSA) is 111 Å². The Balaban J connectivity index is 1.70. The van der Waals surface area contributed by atoms with Gasteiger partial charge < -0.3 is 14.8 Å². The number of hydrogen-bond donors (Lipinski definition) is 2. The van der Waals surface area contributed by atoms with Gasteiger partial charge in [-0.25, -0.2) is 13.2 Å². The van der Waals surface area contributed by atoms with E-state index in [0.29, 0.717) is 17.1 Å². The van der Waals surface area contributed by atoms with Crippen molar-refractivity contribution in [1.29, 1.82) is 0 Å². The summed E-state index contributed by atoms with van der Waals surface area (Å²) < 4.78 is 38.4. The van der Waals surface area contributed by atoms with E-state index in [1.165, 1.54) is 38.3 Å². The van der Waals surface area contributed by atoms with Crippen molar-refractivity contribution in [2.45, 2.75) is 38.7 Å². The van der Waals surface area contributed by atoms with Gasteiger partial charge in [-0.15, -0.1) is 0 Å². The lowest BCUT2D eigenvalue weighted by Gasteiger charge is -2.17. The van der Waals surface area contributed by atoms with Crippen molar-refractivity contribution in [3.63, 3.8) is 0 Å². The van der Waals surface area contributed by atoms with E-state index in [4.69, 9.17) is 9.47 Å². The molecule has 3 aromatic carbocycles. The molecule has 0 fully saturated rings. The second-order valence-electron chi connectivity index (χ2n) is 8.17. The number of ether oxygens (including phenoxy) is 2. The fourth-order valence-corrected chi connectivity index (χ4v) is 4.65. The summed E-state index contributed by atoms with van der Waals surface area (Å²) in [5.41, 5.74) is 3.89. The Hall–Kier alpha value is -3.85. The van der Waals surface area contributed by atoms with E-state index < -0.39 is 28.0 Å². The Morgan fingerprint density at radius 1 is 0.914 bits per heavy atom. The van der Waals surface area contributed by atoms with Gasteiger partial charge in [0.2, 0.25) is 0 Å². The Kier molecular flexibility index (Phi) is 7.81. The molecule has 0 heterocycles. The molecular weight excluding hydrogens is 468 g/mol. The summed E-state index contributed by atoms with van der Waals surface area (Å²) in [6.07, 6.45) is -1.10. The molecule has 0 aliphatic heterocycles. The van der Waals surface area contributed by atoms with E-state index in [-0.39, 0.29) is 10.5 Å². The van der Waals surface area contributed by atoms with Crippen molar-refractivity contribution in [3.8, 4) is 5.75 Å². The van der Waals surface area contributed by atoms with Crippen molar-refractivity contribution in [2.75, 3.05) is 17.1 Å². The quantitative estimate of drug-likeness (QED) is 0.441. The number of sulfonamides is 1. The number of aryl methyl sites for hydroxylation is 3. The molecule has 3 aromatic rings. The Morgan fingerprint density at radius 3 is 2.14 bits per heavy atom. The zero-order chi connectivity index (χ0) is 25.8. The first-order valence-electron chi connectivity index (χ1n) is 10.9. The van der Waals surface area contributed by atoms with Gasteiger partial charge in [-0.3, -0.25) is 9.52 Å². The molecule has 0 saturated heterocycles. The van der Waals surface area contributed by atoms with E-state index in [1.54, 1.807) is 24.3 Å². The maximum atomic E-state index is 12.8. The molecule has 0 spiro atoms. The third kappa shape index (κ3) is 6.39. The van der Waals surface area contributed by atoms with Crippen molar-refractivity contribution in [3.05, 3.63) is 82.9 Å². The maximum absolute atomic E-state index is 12.8. The monoisotopic (exact) mass is 496 g/mol. The Labute approximate surface area is 205 Å². The van der Waals surface area contributed by atoms with Crippen molar-refractivity contribution < 1.29 is 27.5 Å². The standard InChI is InChI=1S/C26H28N2O6S/c1-16-13-17(2)24(18(3)14-16)27-25(29)19(4)34-26(30)20-7-6-8-23(15-20)35(31,32)28-21-9-11-22(33-5)12-10-21/h6-15,19,28H,1-5H3,(H,27,29). The van der Waals surface area contributed by atoms with Crippen LogP contribution in [-0.4, -0.2) is 33.5 Å². The molecule has 0 aliphatic rings. The molecule has 35 heavy (non-hydrogen) atoms. The molecule has 0 aromatic heterocycles. The molecule has 0 bridgehead atoms. The average Bonchev–Trinajstić information content (AvgIpc) is 2.81. The molecule has 184 valence electrons. The Bertz CT molecular complexity index is 1330. The molecule has 3 rings (SSSR count). The van der Waals surface area contributed by atoms with Crippen molar-refractivity contribution in [1.82, 2.24) is 0 Å². The molecule has 0 radical (unpaired) electrons.